The largest absolute Gasteiger partial charge is 0.461 e. The Balaban J connectivity index is 2.22. The summed E-state index contributed by atoms with van der Waals surface area (Å²) in [5.74, 6) is -0.421. The number of benzene rings is 1. The van der Waals surface area contributed by atoms with Crippen molar-refractivity contribution < 1.29 is 14.5 Å². The number of nitro groups is 1. The molecule has 0 fully saturated rings. The lowest BCUT2D eigenvalue weighted by Gasteiger charge is -2.01. The third-order valence-corrected chi connectivity index (χ3v) is 3.75. The summed E-state index contributed by atoms with van der Waals surface area (Å²) in [6.07, 6.45) is 1.41. The predicted molar refractivity (Wildman–Crippen MR) is 85.5 cm³/mol. The number of hydrogen-bond donors (Lipinski definition) is 0. The number of nitro benzene ring substituents is 1. The smallest absolute Gasteiger partial charge is 0.355 e. The number of ether oxygens (including phenoxy) is 1. The lowest BCUT2D eigenvalue weighted by molar-refractivity contribution is -0.384. The zero-order valence-electron chi connectivity index (χ0n) is 12.5. The van der Waals surface area contributed by atoms with Crippen molar-refractivity contribution in [3.63, 3.8) is 0 Å². The summed E-state index contributed by atoms with van der Waals surface area (Å²) < 4.78 is 6.51. The molecule has 0 N–H and O–H groups in total. The van der Waals surface area contributed by atoms with Gasteiger partial charge in [-0.3, -0.25) is 10.1 Å². The molecule has 0 aliphatic rings. The van der Waals surface area contributed by atoms with E-state index >= 15 is 0 Å². The van der Waals surface area contributed by atoms with Crippen LogP contribution in [-0.2, 0) is 11.8 Å². The lowest BCUT2D eigenvalue weighted by Crippen LogP contribution is -2.17. The first-order chi connectivity index (χ1) is 11.0. The maximum atomic E-state index is 11.7. The Morgan fingerprint density at radius 2 is 2.30 bits per heavy atom. The minimum Gasteiger partial charge on any atom is -0.461 e. The van der Waals surface area contributed by atoms with Gasteiger partial charge in [-0.15, -0.1) is 16.4 Å². The van der Waals surface area contributed by atoms with Crippen molar-refractivity contribution in [1.82, 2.24) is 4.57 Å². The van der Waals surface area contributed by atoms with Crippen LogP contribution in [0.5, 0.6) is 0 Å². The molecule has 0 amide bonds. The van der Waals surface area contributed by atoms with Crippen molar-refractivity contribution in [3.8, 4) is 0 Å². The SMILES string of the molecule is CCOC(=O)c1csc(=NN=Cc2cccc([N+](=O)[O-])c2)n1C. The molecular weight excluding hydrogens is 320 g/mol. The van der Waals surface area contributed by atoms with Crippen LogP contribution in [0.15, 0.2) is 39.8 Å². The maximum absolute atomic E-state index is 11.7. The molecule has 8 nitrogen and oxygen atoms in total. The molecule has 23 heavy (non-hydrogen) atoms. The summed E-state index contributed by atoms with van der Waals surface area (Å²) in [6, 6.07) is 6.06. The van der Waals surface area contributed by atoms with Crippen LogP contribution < -0.4 is 4.80 Å². The molecule has 0 saturated carbocycles. The third kappa shape index (κ3) is 4.10. The molecule has 0 radical (unpaired) electrons. The van der Waals surface area contributed by atoms with Gasteiger partial charge in [0, 0.05) is 30.1 Å². The Hall–Kier alpha value is -2.81. The Bertz CT molecular complexity index is 822. The molecule has 0 spiro atoms. The Kier molecular flexibility index (Phi) is 5.36. The number of nitrogens with zero attached hydrogens (tertiary/aromatic N) is 4. The van der Waals surface area contributed by atoms with Gasteiger partial charge in [-0.2, -0.15) is 5.10 Å². The van der Waals surface area contributed by atoms with E-state index in [0.717, 1.165) is 0 Å². The quantitative estimate of drug-likeness (QED) is 0.362. The third-order valence-electron chi connectivity index (χ3n) is 2.84. The molecule has 2 aromatic rings. The minimum atomic E-state index is -0.473. The van der Waals surface area contributed by atoms with E-state index < -0.39 is 10.9 Å². The topological polar surface area (TPSA) is 99.1 Å². The number of non-ortho nitro benzene ring substituents is 1. The molecule has 9 heteroatoms. The highest BCUT2D eigenvalue weighted by atomic mass is 32.1. The molecule has 0 aliphatic heterocycles. The van der Waals surface area contributed by atoms with E-state index in [1.165, 1.54) is 29.7 Å². The maximum Gasteiger partial charge on any atom is 0.355 e. The van der Waals surface area contributed by atoms with Gasteiger partial charge < -0.3 is 9.30 Å². The molecule has 120 valence electrons. The van der Waals surface area contributed by atoms with Gasteiger partial charge in [-0.1, -0.05) is 12.1 Å². The molecule has 1 aromatic heterocycles. The first kappa shape index (κ1) is 16.6. The van der Waals surface area contributed by atoms with E-state index in [9.17, 15) is 14.9 Å². The fourth-order valence-corrected chi connectivity index (χ4v) is 2.54. The van der Waals surface area contributed by atoms with Crippen molar-refractivity contribution in [2.45, 2.75) is 6.92 Å². The normalized spacial score (nSPS) is 11.8. The summed E-state index contributed by atoms with van der Waals surface area (Å²) in [7, 11) is 1.68. The van der Waals surface area contributed by atoms with Gasteiger partial charge in [-0.05, 0) is 6.92 Å². The monoisotopic (exact) mass is 334 g/mol. The van der Waals surface area contributed by atoms with Crippen LogP contribution in [-0.4, -0.2) is 28.3 Å². The van der Waals surface area contributed by atoms with E-state index in [4.69, 9.17) is 4.74 Å². The fourth-order valence-electron chi connectivity index (χ4n) is 1.71. The van der Waals surface area contributed by atoms with E-state index in [1.807, 2.05) is 0 Å². The number of carbonyl (C=O) groups excluding carboxylic acids is 1. The first-order valence-electron chi connectivity index (χ1n) is 6.66. The highest BCUT2D eigenvalue weighted by Crippen LogP contribution is 2.11. The number of thiazole rings is 1. The average molecular weight is 334 g/mol. The van der Waals surface area contributed by atoms with Crippen molar-refractivity contribution in [3.05, 3.63) is 55.8 Å². The van der Waals surface area contributed by atoms with Crippen LogP contribution in [0.25, 0.3) is 0 Å². The van der Waals surface area contributed by atoms with Crippen molar-refractivity contribution in [1.29, 1.82) is 0 Å². The van der Waals surface area contributed by atoms with Crippen LogP contribution in [0.4, 0.5) is 5.69 Å². The molecule has 0 bridgehead atoms. The van der Waals surface area contributed by atoms with Crippen LogP contribution in [0.3, 0.4) is 0 Å². The summed E-state index contributed by atoms with van der Waals surface area (Å²) in [5, 5.41) is 20.3. The summed E-state index contributed by atoms with van der Waals surface area (Å²) in [4.78, 5) is 22.4. The highest BCUT2D eigenvalue weighted by molar-refractivity contribution is 7.07. The Morgan fingerprint density at radius 1 is 1.52 bits per heavy atom. The van der Waals surface area contributed by atoms with Crippen molar-refractivity contribution in [2.24, 2.45) is 17.3 Å². The number of carbonyl (C=O) groups is 1. The van der Waals surface area contributed by atoms with Gasteiger partial charge in [0.05, 0.1) is 17.7 Å². The molecule has 0 unspecified atom stereocenters. The summed E-state index contributed by atoms with van der Waals surface area (Å²) in [6.45, 7) is 2.03. The second-order valence-corrected chi connectivity index (χ2v) is 5.22. The molecule has 0 saturated heterocycles. The standard InChI is InChI=1S/C14H14N4O4S/c1-3-22-13(19)12-9-23-14(17(12)2)16-15-8-10-5-4-6-11(7-10)18(20)21/h4-9H,3H2,1-2H3. The van der Waals surface area contributed by atoms with Gasteiger partial charge in [0.25, 0.3) is 5.69 Å². The van der Waals surface area contributed by atoms with Gasteiger partial charge >= 0.3 is 5.97 Å². The lowest BCUT2D eigenvalue weighted by atomic mass is 10.2. The minimum absolute atomic E-state index is 0.0137. The second-order valence-electron chi connectivity index (χ2n) is 4.38. The van der Waals surface area contributed by atoms with Crippen LogP contribution >= 0.6 is 11.3 Å². The van der Waals surface area contributed by atoms with Crippen molar-refractivity contribution >= 4 is 29.2 Å². The Labute approximate surface area is 135 Å². The molecule has 0 atom stereocenters. The first-order valence-corrected chi connectivity index (χ1v) is 7.54. The van der Waals surface area contributed by atoms with E-state index in [2.05, 4.69) is 10.2 Å². The molecular formula is C14H14N4O4S. The number of aromatic nitrogens is 1. The molecule has 0 aliphatic carbocycles. The van der Waals surface area contributed by atoms with Crippen LogP contribution in [0, 0.1) is 10.1 Å². The van der Waals surface area contributed by atoms with Gasteiger partial charge in [0.2, 0.25) is 4.80 Å². The zero-order chi connectivity index (χ0) is 16.8. The number of esters is 1. The average Bonchev–Trinajstić information content (AvgIpc) is 2.89. The van der Waals surface area contributed by atoms with Gasteiger partial charge in [0.1, 0.15) is 5.69 Å². The molecule has 1 heterocycles. The number of rotatable bonds is 5. The predicted octanol–water partition coefficient (Wildman–Crippen LogP) is 2.11. The van der Waals surface area contributed by atoms with E-state index in [0.29, 0.717) is 22.7 Å². The van der Waals surface area contributed by atoms with Crippen LogP contribution in [0.2, 0.25) is 0 Å². The van der Waals surface area contributed by atoms with Crippen molar-refractivity contribution in [2.75, 3.05) is 6.61 Å². The molecule has 2 rings (SSSR count). The van der Waals surface area contributed by atoms with Crippen LogP contribution in [0.1, 0.15) is 23.0 Å². The zero-order valence-corrected chi connectivity index (χ0v) is 13.3. The summed E-state index contributed by atoms with van der Waals surface area (Å²) >= 11 is 1.25. The summed E-state index contributed by atoms with van der Waals surface area (Å²) in [5.41, 5.74) is 0.939. The molecule has 1 aromatic carbocycles. The Morgan fingerprint density at radius 3 is 3.00 bits per heavy atom. The van der Waals surface area contributed by atoms with E-state index in [-0.39, 0.29) is 5.69 Å². The second kappa shape index (κ2) is 7.45. The van der Waals surface area contributed by atoms with Gasteiger partial charge in [-0.25, -0.2) is 4.79 Å². The number of hydrogen-bond acceptors (Lipinski definition) is 7. The van der Waals surface area contributed by atoms with Gasteiger partial charge in [0.15, 0.2) is 0 Å². The van der Waals surface area contributed by atoms with E-state index in [1.54, 1.807) is 36.1 Å². The fraction of sp³-hybridized carbons (Fsp3) is 0.214. The highest BCUT2D eigenvalue weighted by Gasteiger charge is 2.11.